The van der Waals surface area contributed by atoms with E-state index in [9.17, 15) is 9.59 Å². The van der Waals surface area contributed by atoms with Gasteiger partial charge in [-0.05, 0) is 25.8 Å². The van der Waals surface area contributed by atoms with Crippen molar-refractivity contribution in [1.29, 1.82) is 0 Å². The van der Waals surface area contributed by atoms with Crippen molar-refractivity contribution in [3.05, 3.63) is 35.4 Å². The minimum atomic E-state index is -1.02. The Morgan fingerprint density at radius 3 is 2.41 bits per heavy atom. The highest BCUT2D eigenvalue weighted by molar-refractivity contribution is 5.83. The van der Waals surface area contributed by atoms with Crippen molar-refractivity contribution in [3.8, 4) is 0 Å². The third kappa shape index (κ3) is 4.68. The molecule has 0 fully saturated rings. The van der Waals surface area contributed by atoms with Gasteiger partial charge in [-0.3, -0.25) is 9.59 Å². The van der Waals surface area contributed by atoms with Crippen LogP contribution in [-0.2, 0) is 16.0 Å². The zero-order chi connectivity index (χ0) is 12.8. The Labute approximate surface area is 101 Å². The van der Waals surface area contributed by atoms with E-state index in [1.807, 2.05) is 31.2 Å². The van der Waals surface area contributed by atoms with Crippen LogP contribution in [0, 0.1) is 6.92 Å². The van der Waals surface area contributed by atoms with Gasteiger partial charge < -0.3 is 10.4 Å². The monoisotopic (exact) mass is 235 g/mol. The van der Waals surface area contributed by atoms with Crippen LogP contribution in [-0.4, -0.2) is 23.0 Å². The molecule has 0 radical (unpaired) electrons. The first-order valence-corrected chi connectivity index (χ1v) is 5.57. The lowest BCUT2D eigenvalue weighted by Crippen LogP contribution is -2.38. The van der Waals surface area contributed by atoms with Crippen LogP contribution in [0.2, 0.25) is 0 Å². The minimum absolute atomic E-state index is 0.236. The van der Waals surface area contributed by atoms with E-state index in [1.165, 1.54) is 12.5 Å². The molecule has 0 saturated heterocycles. The van der Waals surface area contributed by atoms with Crippen LogP contribution in [0.15, 0.2) is 24.3 Å². The summed E-state index contributed by atoms with van der Waals surface area (Å²) in [6, 6.07) is 7.10. The Hall–Kier alpha value is -1.84. The van der Waals surface area contributed by atoms with Crippen molar-refractivity contribution in [1.82, 2.24) is 5.32 Å². The normalized spacial score (nSPS) is 11.9. The molecule has 0 aliphatic carbocycles. The molecule has 4 nitrogen and oxygen atoms in total. The van der Waals surface area contributed by atoms with Crippen molar-refractivity contribution in [3.63, 3.8) is 0 Å². The largest absolute Gasteiger partial charge is 0.480 e. The van der Waals surface area contributed by atoms with Crippen LogP contribution in [0.1, 0.15) is 24.5 Å². The fourth-order valence-corrected chi connectivity index (χ4v) is 1.39. The van der Waals surface area contributed by atoms with E-state index in [4.69, 9.17) is 5.11 Å². The highest BCUT2D eigenvalue weighted by Crippen LogP contribution is 2.05. The number of aliphatic carboxylic acids is 1. The molecule has 0 heterocycles. The molecule has 0 bridgehead atoms. The van der Waals surface area contributed by atoms with Gasteiger partial charge in [0, 0.05) is 6.42 Å². The van der Waals surface area contributed by atoms with Crippen molar-refractivity contribution >= 4 is 11.9 Å². The van der Waals surface area contributed by atoms with Gasteiger partial charge in [0.25, 0.3) is 0 Å². The number of nitrogens with one attached hydrogen (secondary N) is 1. The van der Waals surface area contributed by atoms with E-state index in [0.717, 1.165) is 5.56 Å². The SMILES string of the molecule is Cc1ccc(CCC(=O)N[C@@H](C)C(=O)O)cc1. The van der Waals surface area contributed by atoms with Crippen molar-refractivity contribution in [2.75, 3.05) is 0 Å². The van der Waals surface area contributed by atoms with E-state index < -0.39 is 12.0 Å². The first kappa shape index (κ1) is 13.2. The summed E-state index contributed by atoms with van der Waals surface area (Å²) in [5, 5.41) is 11.1. The second-order valence-electron chi connectivity index (χ2n) is 4.11. The number of carbonyl (C=O) groups excluding carboxylic acids is 1. The van der Waals surface area contributed by atoms with Gasteiger partial charge in [0.15, 0.2) is 0 Å². The second-order valence-corrected chi connectivity index (χ2v) is 4.11. The van der Waals surface area contributed by atoms with Crippen LogP contribution < -0.4 is 5.32 Å². The first-order valence-electron chi connectivity index (χ1n) is 5.57. The summed E-state index contributed by atoms with van der Waals surface area (Å²) < 4.78 is 0. The Bertz CT molecular complexity index is 398. The molecule has 0 saturated carbocycles. The van der Waals surface area contributed by atoms with Gasteiger partial charge in [0.2, 0.25) is 5.91 Å². The number of aryl methyl sites for hydroxylation is 2. The van der Waals surface area contributed by atoms with Gasteiger partial charge in [0.1, 0.15) is 6.04 Å². The zero-order valence-corrected chi connectivity index (χ0v) is 10.1. The van der Waals surface area contributed by atoms with Crippen LogP contribution >= 0.6 is 0 Å². The van der Waals surface area contributed by atoms with Crippen molar-refractivity contribution < 1.29 is 14.7 Å². The second kappa shape index (κ2) is 6.03. The summed E-state index contributed by atoms with van der Waals surface area (Å²) in [5.74, 6) is -1.26. The summed E-state index contributed by atoms with van der Waals surface area (Å²) in [5.41, 5.74) is 2.26. The molecule has 0 unspecified atom stereocenters. The lowest BCUT2D eigenvalue weighted by atomic mass is 10.1. The van der Waals surface area contributed by atoms with Crippen molar-refractivity contribution in [2.24, 2.45) is 0 Å². The van der Waals surface area contributed by atoms with E-state index in [2.05, 4.69) is 5.32 Å². The van der Waals surface area contributed by atoms with Gasteiger partial charge in [-0.1, -0.05) is 29.8 Å². The number of rotatable bonds is 5. The first-order chi connectivity index (χ1) is 7.99. The molecule has 1 amide bonds. The Morgan fingerprint density at radius 1 is 1.29 bits per heavy atom. The number of benzene rings is 1. The Morgan fingerprint density at radius 2 is 1.88 bits per heavy atom. The van der Waals surface area contributed by atoms with Gasteiger partial charge in [-0.25, -0.2) is 0 Å². The van der Waals surface area contributed by atoms with Crippen molar-refractivity contribution in [2.45, 2.75) is 32.7 Å². The number of hydrogen-bond donors (Lipinski definition) is 2. The zero-order valence-electron chi connectivity index (χ0n) is 10.1. The number of carboxylic acid groups (broad SMARTS) is 1. The van der Waals surface area contributed by atoms with Crippen LogP contribution in [0.25, 0.3) is 0 Å². The molecular formula is C13H17NO3. The van der Waals surface area contributed by atoms with Gasteiger partial charge in [0.05, 0.1) is 0 Å². The maximum Gasteiger partial charge on any atom is 0.325 e. The third-order valence-corrected chi connectivity index (χ3v) is 2.51. The highest BCUT2D eigenvalue weighted by Gasteiger charge is 2.13. The van der Waals surface area contributed by atoms with Gasteiger partial charge in [-0.2, -0.15) is 0 Å². The van der Waals surface area contributed by atoms with E-state index >= 15 is 0 Å². The maximum atomic E-state index is 11.4. The van der Waals surface area contributed by atoms with Gasteiger partial charge in [-0.15, -0.1) is 0 Å². The van der Waals surface area contributed by atoms with E-state index in [0.29, 0.717) is 12.8 Å². The molecule has 17 heavy (non-hydrogen) atoms. The summed E-state index contributed by atoms with van der Waals surface area (Å²) in [7, 11) is 0. The summed E-state index contributed by atoms with van der Waals surface area (Å²) in [4.78, 5) is 22.0. The predicted molar refractivity (Wildman–Crippen MR) is 64.7 cm³/mol. The predicted octanol–water partition coefficient (Wildman–Crippen LogP) is 1.52. The Balaban J connectivity index is 2.38. The maximum absolute atomic E-state index is 11.4. The molecule has 1 aromatic carbocycles. The number of carboxylic acids is 1. The average molecular weight is 235 g/mol. The molecule has 1 aromatic rings. The minimum Gasteiger partial charge on any atom is -0.480 e. The topological polar surface area (TPSA) is 66.4 Å². The molecular weight excluding hydrogens is 218 g/mol. The summed E-state index contributed by atoms with van der Waals surface area (Å²) >= 11 is 0. The Kier molecular flexibility index (Phi) is 4.69. The molecule has 1 atom stereocenters. The van der Waals surface area contributed by atoms with E-state index in [1.54, 1.807) is 0 Å². The standard InChI is InChI=1S/C13H17NO3/c1-9-3-5-11(6-4-9)7-8-12(15)14-10(2)13(16)17/h3-6,10H,7-8H2,1-2H3,(H,14,15)(H,16,17)/t10-/m0/s1. The summed E-state index contributed by atoms with van der Waals surface area (Å²) in [6.07, 6.45) is 0.930. The fourth-order valence-electron chi connectivity index (χ4n) is 1.39. The molecule has 1 rings (SSSR count). The third-order valence-electron chi connectivity index (χ3n) is 2.51. The number of hydrogen-bond acceptors (Lipinski definition) is 2. The highest BCUT2D eigenvalue weighted by atomic mass is 16.4. The van der Waals surface area contributed by atoms with Crippen LogP contribution in [0.5, 0.6) is 0 Å². The number of carbonyl (C=O) groups is 2. The van der Waals surface area contributed by atoms with E-state index in [-0.39, 0.29) is 5.91 Å². The van der Waals surface area contributed by atoms with Crippen LogP contribution in [0.4, 0.5) is 0 Å². The van der Waals surface area contributed by atoms with Crippen LogP contribution in [0.3, 0.4) is 0 Å². The molecule has 0 aromatic heterocycles. The average Bonchev–Trinajstić information content (AvgIpc) is 2.28. The summed E-state index contributed by atoms with van der Waals surface area (Å²) in [6.45, 7) is 3.46. The number of amides is 1. The lowest BCUT2D eigenvalue weighted by molar-refractivity contribution is -0.141. The fraction of sp³-hybridized carbons (Fsp3) is 0.385. The molecule has 2 N–H and O–H groups in total. The quantitative estimate of drug-likeness (QED) is 0.813. The molecule has 0 spiro atoms. The molecule has 0 aliphatic rings. The van der Waals surface area contributed by atoms with Gasteiger partial charge >= 0.3 is 5.97 Å². The molecule has 4 heteroatoms. The lowest BCUT2D eigenvalue weighted by Gasteiger charge is -2.09. The molecule has 0 aliphatic heterocycles. The molecule has 92 valence electrons. The smallest absolute Gasteiger partial charge is 0.325 e.